The number of esters is 1. The fraction of sp³-hybridized carbons (Fsp3) is 0.333. The molecule has 0 spiro atoms. The third kappa shape index (κ3) is 5.25. The predicted octanol–water partition coefficient (Wildman–Crippen LogP) is 3.49. The molecule has 0 aliphatic carbocycles. The van der Waals surface area contributed by atoms with E-state index in [1.165, 1.54) is 5.56 Å². The topological polar surface area (TPSA) is 58.6 Å². The Morgan fingerprint density at radius 1 is 1.07 bits per heavy atom. The summed E-state index contributed by atoms with van der Waals surface area (Å²) in [5, 5.41) is 3.41. The van der Waals surface area contributed by atoms with Crippen molar-refractivity contribution in [1.29, 1.82) is 0 Å². The van der Waals surface area contributed by atoms with Crippen molar-refractivity contribution in [3.8, 4) is 0 Å². The van der Waals surface area contributed by atoms with Gasteiger partial charge in [0.1, 0.15) is 0 Å². The molecule has 1 aliphatic rings. The van der Waals surface area contributed by atoms with E-state index in [-0.39, 0.29) is 18.4 Å². The number of nitrogens with zero attached hydrogens (tertiary/aromatic N) is 1. The Kier molecular flexibility index (Phi) is 7.06. The van der Waals surface area contributed by atoms with Crippen LogP contribution in [0.25, 0.3) is 0 Å². The number of nitrogens with one attached hydrogen (secondary N) is 1. The van der Waals surface area contributed by atoms with Crippen molar-refractivity contribution in [3.05, 3.63) is 82.6 Å². The van der Waals surface area contributed by atoms with Crippen LogP contribution in [0.2, 0.25) is 0 Å². The van der Waals surface area contributed by atoms with Gasteiger partial charge in [0.05, 0.1) is 18.7 Å². The number of benzene rings is 2. The number of hydrogen-bond acceptors (Lipinski definition) is 4. The first-order chi connectivity index (χ1) is 14.1. The maximum absolute atomic E-state index is 13.0. The molecule has 1 N–H and O–H groups in total. The van der Waals surface area contributed by atoms with Crippen LogP contribution in [0, 0.1) is 6.92 Å². The van der Waals surface area contributed by atoms with Crippen LogP contribution >= 0.6 is 0 Å². The summed E-state index contributed by atoms with van der Waals surface area (Å²) in [6, 6.07) is 17.8. The van der Waals surface area contributed by atoms with Crippen molar-refractivity contribution in [3.63, 3.8) is 0 Å². The van der Waals surface area contributed by atoms with Crippen LogP contribution < -0.4 is 5.32 Å². The van der Waals surface area contributed by atoms with Gasteiger partial charge in [-0.05, 0) is 37.5 Å². The van der Waals surface area contributed by atoms with Crippen molar-refractivity contribution < 1.29 is 14.3 Å². The standard InChI is InChI=1S/C24H28N2O3/c1-3-29-24(28)21-17-26(23(27)20-12-8-7-9-18(20)2)16-14-22(21)25-15-13-19-10-5-4-6-11-19/h4-12,25H,3,13-17H2,1-2H3. The smallest absolute Gasteiger partial charge is 0.337 e. The second-order valence-corrected chi connectivity index (χ2v) is 7.13. The molecule has 29 heavy (non-hydrogen) atoms. The number of amides is 1. The molecule has 0 fully saturated rings. The van der Waals surface area contributed by atoms with Gasteiger partial charge in [0.2, 0.25) is 0 Å². The molecule has 152 valence electrons. The number of carbonyl (C=O) groups is 2. The minimum atomic E-state index is -0.350. The molecule has 0 saturated carbocycles. The SMILES string of the molecule is CCOC(=O)C1=C(NCCc2ccccc2)CCN(C(=O)c2ccccc2C)C1. The Balaban J connectivity index is 1.73. The van der Waals surface area contributed by atoms with E-state index in [9.17, 15) is 9.59 Å². The number of hydrogen-bond donors (Lipinski definition) is 1. The fourth-order valence-electron chi connectivity index (χ4n) is 3.52. The van der Waals surface area contributed by atoms with Crippen LogP contribution in [0.15, 0.2) is 65.9 Å². The van der Waals surface area contributed by atoms with Gasteiger partial charge in [-0.2, -0.15) is 0 Å². The van der Waals surface area contributed by atoms with Gasteiger partial charge in [0, 0.05) is 30.8 Å². The average molecular weight is 392 g/mol. The Morgan fingerprint density at radius 2 is 1.79 bits per heavy atom. The highest BCUT2D eigenvalue weighted by molar-refractivity contribution is 5.97. The maximum atomic E-state index is 13.0. The lowest BCUT2D eigenvalue weighted by atomic mass is 10.0. The normalized spacial score (nSPS) is 13.9. The highest BCUT2D eigenvalue weighted by Crippen LogP contribution is 2.21. The quantitative estimate of drug-likeness (QED) is 0.733. The molecular weight excluding hydrogens is 364 g/mol. The summed E-state index contributed by atoms with van der Waals surface area (Å²) in [7, 11) is 0. The molecule has 2 aromatic rings. The van der Waals surface area contributed by atoms with Crippen LogP contribution in [-0.4, -0.2) is 43.0 Å². The lowest BCUT2D eigenvalue weighted by molar-refractivity contribution is -0.138. The van der Waals surface area contributed by atoms with E-state index < -0.39 is 0 Å². The summed E-state index contributed by atoms with van der Waals surface area (Å²) in [5.41, 5.74) is 4.29. The molecule has 1 heterocycles. The predicted molar refractivity (Wildman–Crippen MR) is 114 cm³/mol. The summed E-state index contributed by atoms with van der Waals surface area (Å²) in [6.07, 6.45) is 1.48. The Bertz CT molecular complexity index is 890. The van der Waals surface area contributed by atoms with Crippen molar-refractivity contribution in [1.82, 2.24) is 10.2 Å². The van der Waals surface area contributed by atoms with Crippen LogP contribution in [0.5, 0.6) is 0 Å². The molecule has 1 amide bonds. The maximum Gasteiger partial charge on any atom is 0.337 e. The zero-order valence-corrected chi connectivity index (χ0v) is 17.1. The van der Waals surface area contributed by atoms with E-state index in [1.54, 1.807) is 11.8 Å². The van der Waals surface area contributed by atoms with E-state index in [0.717, 1.165) is 24.2 Å². The van der Waals surface area contributed by atoms with E-state index >= 15 is 0 Å². The summed E-state index contributed by atoms with van der Waals surface area (Å²) < 4.78 is 5.26. The first kappa shape index (κ1) is 20.6. The summed E-state index contributed by atoms with van der Waals surface area (Å²) >= 11 is 0. The van der Waals surface area contributed by atoms with E-state index in [2.05, 4.69) is 17.4 Å². The van der Waals surface area contributed by atoms with Gasteiger partial charge in [-0.1, -0.05) is 48.5 Å². The number of rotatable bonds is 7. The lowest BCUT2D eigenvalue weighted by Crippen LogP contribution is -2.41. The number of carbonyl (C=O) groups excluding carboxylic acids is 2. The number of ether oxygens (including phenoxy) is 1. The molecule has 0 atom stereocenters. The van der Waals surface area contributed by atoms with Crippen LogP contribution in [0.1, 0.15) is 34.8 Å². The number of aryl methyl sites for hydroxylation is 1. The average Bonchev–Trinajstić information content (AvgIpc) is 2.75. The Morgan fingerprint density at radius 3 is 2.52 bits per heavy atom. The molecule has 0 radical (unpaired) electrons. The molecule has 1 aliphatic heterocycles. The fourth-order valence-corrected chi connectivity index (χ4v) is 3.52. The zero-order chi connectivity index (χ0) is 20.6. The molecule has 0 unspecified atom stereocenters. The summed E-state index contributed by atoms with van der Waals surface area (Å²) in [4.78, 5) is 27.3. The van der Waals surface area contributed by atoms with Crippen LogP contribution in [0.3, 0.4) is 0 Å². The third-order valence-corrected chi connectivity index (χ3v) is 5.12. The van der Waals surface area contributed by atoms with Crippen molar-refractivity contribution >= 4 is 11.9 Å². The van der Waals surface area contributed by atoms with Crippen molar-refractivity contribution in [2.24, 2.45) is 0 Å². The van der Waals surface area contributed by atoms with Gasteiger partial charge in [-0.3, -0.25) is 4.79 Å². The minimum absolute atomic E-state index is 0.0479. The summed E-state index contributed by atoms with van der Waals surface area (Å²) in [6.45, 7) is 5.60. The Hall–Kier alpha value is -3.08. The monoisotopic (exact) mass is 392 g/mol. The zero-order valence-electron chi connectivity index (χ0n) is 17.1. The van der Waals surface area contributed by atoms with E-state index in [4.69, 9.17) is 4.74 Å². The lowest BCUT2D eigenvalue weighted by Gasteiger charge is -2.31. The van der Waals surface area contributed by atoms with Crippen LogP contribution in [0.4, 0.5) is 0 Å². The molecule has 5 heteroatoms. The molecule has 5 nitrogen and oxygen atoms in total. The van der Waals surface area contributed by atoms with E-state index in [1.807, 2.05) is 49.4 Å². The highest BCUT2D eigenvalue weighted by atomic mass is 16.5. The van der Waals surface area contributed by atoms with Crippen molar-refractivity contribution in [2.45, 2.75) is 26.7 Å². The van der Waals surface area contributed by atoms with Gasteiger partial charge in [0.15, 0.2) is 0 Å². The first-order valence-corrected chi connectivity index (χ1v) is 10.1. The largest absolute Gasteiger partial charge is 0.463 e. The second-order valence-electron chi connectivity index (χ2n) is 7.13. The molecular formula is C24H28N2O3. The third-order valence-electron chi connectivity index (χ3n) is 5.12. The van der Waals surface area contributed by atoms with E-state index in [0.29, 0.717) is 30.7 Å². The highest BCUT2D eigenvalue weighted by Gasteiger charge is 2.28. The van der Waals surface area contributed by atoms with Gasteiger partial charge in [-0.15, -0.1) is 0 Å². The van der Waals surface area contributed by atoms with Gasteiger partial charge < -0.3 is 15.0 Å². The minimum Gasteiger partial charge on any atom is -0.463 e. The van der Waals surface area contributed by atoms with Gasteiger partial charge in [0.25, 0.3) is 5.91 Å². The molecule has 0 saturated heterocycles. The van der Waals surface area contributed by atoms with Crippen molar-refractivity contribution in [2.75, 3.05) is 26.2 Å². The molecule has 3 rings (SSSR count). The first-order valence-electron chi connectivity index (χ1n) is 10.1. The Labute approximate surface area is 172 Å². The summed E-state index contributed by atoms with van der Waals surface area (Å²) in [5.74, 6) is -0.398. The molecule has 0 aromatic heterocycles. The van der Waals surface area contributed by atoms with Crippen LogP contribution in [-0.2, 0) is 16.0 Å². The van der Waals surface area contributed by atoms with Gasteiger partial charge in [-0.25, -0.2) is 4.79 Å². The molecule has 0 bridgehead atoms. The van der Waals surface area contributed by atoms with Gasteiger partial charge >= 0.3 is 5.97 Å². The second kappa shape index (κ2) is 9.92. The molecule has 2 aromatic carbocycles.